The molecule has 3 nitrogen and oxygen atoms in total. The summed E-state index contributed by atoms with van der Waals surface area (Å²) in [4.78, 5) is 2.61. The molecule has 0 bridgehead atoms. The van der Waals surface area contributed by atoms with Gasteiger partial charge in [0.15, 0.2) is 0 Å². The highest BCUT2D eigenvalue weighted by atomic mass is 16.5. The maximum atomic E-state index is 10.8. The molecule has 1 aliphatic heterocycles. The topological polar surface area (TPSA) is 32.7 Å². The van der Waals surface area contributed by atoms with Crippen molar-refractivity contribution in [2.75, 3.05) is 32.8 Å². The molecule has 0 amide bonds. The first-order valence-electron chi connectivity index (χ1n) is 13.6. The maximum absolute atomic E-state index is 10.8. The molecule has 1 saturated heterocycles. The van der Waals surface area contributed by atoms with Gasteiger partial charge >= 0.3 is 0 Å². The fourth-order valence-electron chi connectivity index (χ4n) is 8.99. The zero-order chi connectivity index (χ0) is 22.7. The highest BCUT2D eigenvalue weighted by Gasteiger charge is 2.57. The molecule has 32 heavy (non-hydrogen) atoms. The predicted molar refractivity (Wildman–Crippen MR) is 131 cm³/mol. The largest absolute Gasteiger partial charge is 0.393 e. The van der Waals surface area contributed by atoms with Crippen molar-refractivity contribution in [1.82, 2.24) is 4.90 Å². The van der Waals surface area contributed by atoms with Crippen molar-refractivity contribution in [1.29, 1.82) is 0 Å². The first kappa shape index (κ1) is 23.1. The number of hydrogen-bond donors (Lipinski definition) is 1. The van der Waals surface area contributed by atoms with Gasteiger partial charge in [-0.05, 0) is 103 Å². The number of allylic oxidation sites excluding steroid dienone is 4. The van der Waals surface area contributed by atoms with Crippen LogP contribution in [0.25, 0.3) is 0 Å². The Kier molecular flexibility index (Phi) is 5.95. The predicted octanol–water partition coefficient (Wildman–Crippen LogP) is 5.99. The molecule has 4 aliphatic carbocycles. The molecule has 0 spiro atoms. The van der Waals surface area contributed by atoms with Crippen molar-refractivity contribution in [3.8, 4) is 0 Å². The monoisotopic (exact) mass is 441 g/mol. The zero-order valence-electron chi connectivity index (χ0n) is 21.4. The Morgan fingerprint density at radius 3 is 2.56 bits per heavy atom. The van der Waals surface area contributed by atoms with Gasteiger partial charge in [0.2, 0.25) is 0 Å². The molecular formula is C29H47NO2. The van der Waals surface area contributed by atoms with Crippen molar-refractivity contribution in [2.24, 2.45) is 34.0 Å². The Balaban J connectivity index is 1.35. The summed E-state index contributed by atoms with van der Waals surface area (Å²) in [5.74, 6) is 2.18. The first-order chi connectivity index (χ1) is 15.2. The summed E-state index contributed by atoms with van der Waals surface area (Å²) in [7, 11) is 0. The number of aliphatic hydroxyl groups excluding tert-OH is 1. The summed E-state index contributed by atoms with van der Waals surface area (Å²) in [6, 6.07) is 0. The van der Waals surface area contributed by atoms with Crippen LogP contribution in [-0.2, 0) is 4.74 Å². The van der Waals surface area contributed by atoms with E-state index >= 15 is 0 Å². The quantitative estimate of drug-likeness (QED) is 0.582. The van der Waals surface area contributed by atoms with E-state index in [0.29, 0.717) is 16.7 Å². The van der Waals surface area contributed by atoms with Gasteiger partial charge in [0.1, 0.15) is 0 Å². The van der Waals surface area contributed by atoms with Crippen molar-refractivity contribution in [2.45, 2.75) is 92.1 Å². The lowest BCUT2D eigenvalue weighted by molar-refractivity contribution is -0.0905. The Morgan fingerprint density at radius 1 is 1.06 bits per heavy atom. The molecule has 3 heteroatoms. The van der Waals surface area contributed by atoms with Crippen LogP contribution in [0.15, 0.2) is 22.8 Å². The molecule has 180 valence electrons. The van der Waals surface area contributed by atoms with Crippen LogP contribution in [0.4, 0.5) is 0 Å². The smallest absolute Gasteiger partial charge is 0.0594 e. The van der Waals surface area contributed by atoms with E-state index < -0.39 is 0 Å². The third kappa shape index (κ3) is 3.48. The van der Waals surface area contributed by atoms with Gasteiger partial charge in [0.05, 0.1) is 19.3 Å². The number of aliphatic hydroxyl groups is 1. The number of ether oxygens (including phenoxy) is 1. The second-order valence-corrected chi connectivity index (χ2v) is 12.9. The van der Waals surface area contributed by atoms with E-state index in [0.717, 1.165) is 44.6 Å². The maximum Gasteiger partial charge on any atom is 0.0594 e. The normalized spacial score (nSPS) is 42.7. The van der Waals surface area contributed by atoms with Gasteiger partial charge in [-0.25, -0.2) is 0 Å². The van der Waals surface area contributed by atoms with E-state index in [1.54, 1.807) is 16.7 Å². The fourth-order valence-corrected chi connectivity index (χ4v) is 8.99. The Bertz CT molecular complexity index is 791. The van der Waals surface area contributed by atoms with Gasteiger partial charge < -0.3 is 9.84 Å². The van der Waals surface area contributed by atoms with Crippen molar-refractivity contribution < 1.29 is 9.84 Å². The summed E-state index contributed by atoms with van der Waals surface area (Å²) in [6.07, 6.45) is 12.4. The minimum Gasteiger partial charge on any atom is -0.393 e. The van der Waals surface area contributed by atoms with Crippen LogP contribution in [0.1, 0.15) is 86.0 Å². The standard InChI is InChI=1S/C29H47NO2/c1-20(12-15-30-16-18-32-19-17-30)22-7-8-23-21-6-9-25-27(2,3)26(31)11-14-29(25,5)24(21)10-13-28(22,23)4/h8,20,22,25-26,31H,6-7,9-19H2,1-5H3/t20-,22+,25?,26?,28+,29+/m0/s1. The highest BCUT2D eigenvalue weighted by molar-refractivity contribution is 5.49. The molecule has 2 unspecified atom stereocenters. The van der Waals surface area contributed by atoms with Gasteiger partial charge in [0.25, 0.3) is 0 Å². The Hall–Kier alpha value is -0.640. The average Bonchev–Trinajstić information content (AvgIpc) is 3.13. The van der Waals surface area contributed by atoms with E-state index in [4.69, 9.17) is 4.74 Å². The van der Waals surface area contributed by atoms with E-state index in [2.05, 4.69) is 45.6 Å². The minimum atomic E-state index is -0.140. The molecule has 2 fully saturated rings. The Morgan fingerprint density at radius 2 is 1.81 bits per heavy atom. The van der Waals surface area contributed by atoms with E-state index in [9.17, 15) is 5.11 Å². The summed E-state index contributed by atoms with van der Waals surface area (Å²) in [5, 5.41) is 10.8. The lowest BCUT2D eigenvalue weighted by Crippen LogP contribution is -2.53. The molecule has 0 radical (unpaired) electrons. The molecule has 1 saturated carbocycles. The number of nitrogens with zero attached hydrogens (tertiary/aromatic N) is 1. The molecule has 6 atom stereocenters. The van der Waals surface area contributed by atoms with Gasteiger partial charge in [-0.3, -0.25) is 4.90 Å². The van der Waals surface area contributed by atoms with Gasteiger partial charge in [-0.15, -0.1) is 0 Å². The molecule has 5 rings (SSSR count). The minimum absolute atomic E-state index is 0.0346. The summed E-state index contributed by atoms with van der Waals surface area (Å²) >= 11 is 0. The summed E-state index contributed by atoms with van der Waals surface area (Å²) < 4.78 is 5.54. The molecule has 5 aliphatic rings. The average molecular weight is 442 g/mol. The SMILES string of the molecule is C[C@@H](CCN1CCOCC1)[C@H]1CC=C2C3=C(CC[C@@]21C)[C@@]1(C)CCC(O)C(C)(C)C1CC3. The lowest BCUT2D eigenvalue weighted by Gasteiger charge is -2.59. The molecular weight excluding hydrogens is 394 g/mol. The summed E-state index contributed by atoms with van der Waals surface area (Å²) in [5.41, 5.74) is 5.99. The van der Waals surface area contributed by atoms with Crippen LogP contribution >= 0.6 is 0 Å². The summed E-state index contributed by atoms with van der Waals surface area (Å²) in [6.45, 7) is 17.6. The lowest BCUT2D eigenvalue weighted by atomic mass is 9.46. The second kappa shape index (κ2) is 8.24. The number of rotatable bonds is 4. The number of hydrogen-bond acceptors (Lipinski definition) is 3. The van der Waals surface area contributed by atoms with Crippen LogP contribution in [0.2, 0.25) is 0 Å². The van der Waals surface area contributed by atoms with Crippen LogP contribution in [0.3, 0.4) is 0 Å². The van der Waals surface area contributed by atoms with Crippen LogP contribution in [0.5, 0.6) is 0 Å². The zero-order valence-corrected chi connectivity index (χ0v) is 21.4. The highest BCUT2D eigenvalue weighted by Crippen LogP contribution is 2.66. The molecule has 0 aromatic heterocycles. The van der Waals surface area contributed by atoms with Crippen molar-refractivity contribution in [3.63, 3.8) is 0 Å². The third-order valence-electron chi connectivity index (χ3n) is 11.1. The molecule has 1 N–H and O–H groups in total. The van der Waals surface area contributed by atoms with Crippen molar-refractivity contribution >= 4 is 0 Å². The fraction of sp³-hybridized carbons (Fsp3) is 0.862. The van der Waals surface area contributed by atoms with E-state index in [1.807, 2.05) is 0 Å². The van der Waals surface area contributed by atoms with Crippen LogP contribution in [-0.4, -0.2) is 49.0 Å². The van der Waals surface area contributed by atoms with Crippen LogP contribution < -0.4 is 0 Å². The Labute approximate surface area is 196 Å². The first-order valence-corrected chi connectivity index (χ1v) is 13.6. The van der Waals surface area contributed by atoms with Crippen molar-refractivity contribution in [3.05, 3.63) is 22.8 Å². The van der Waals surface area contributed by atoms with Gasteiger partial charge in [0, 0.05) is 13.1 Å². The second-order valence-electron chi connectivity index (χ2n) is 12.9. The molecule has 0 aromatic carbocycles. The molecule has 0 aromatic rings. The van der Waals surface area contributed by atoms with Crippen LogP contribution in [0, 0.1) is 34.0 Å². The molecule has 1 heterocycles. The van der Waals surface area contributed by atoms with Gasteiger partial charge in [-0.1, -0.05) is 46.3 Å². The van der Waals surface area contributed by atoms with E-state index in [-0.39, 0.29) is 11.5 Å². The number of fused-ring (bicyclic) bond motifs is 4. The van der Waals surface area contributed by atoms with Gasteiger partial charge in [-0.2, -0.15) is 0 Å². The number of morpholine rings is 1. The van der Waals surface area contributed by atoms with E-state index in [1.165, 1.54) is 51.5 Å². The third-order valence-corrected chi connectivity index (χ3v) is 11.1.